The summed E-state index contributed by atoms with van der Waals surface area (Å²) in [6.07, 6.45) is 2.35. The third kappa shape index (κ3) is 4.12. The normalized spacial score (nSPS) is 15.7. The molecule has 2 aromatic carbocycles. The minimum Gasteiger partial charge on any atom is -0.508 e. The van der Waals surface area contributed by atoms with Gasteiger partial charge in [-0.15, -0.1) is 0 Å². The number of phenolic OH excluding ortho intramolecular Hbond substituents is 1. The molecule has 2 N–H and O–H groups in total. The number of carbonyl (C=O) groups is 2. The molecule has 0 bridgehead atoms. The summed E-state index contributed by atoms with van der Waals surface area (Å²) in [6, 6.07) is 13.2. The van der Waals surface area contributed by atoms with Gasteiger partial charge >= 0.3 is 5.97 Å². The lowest BCUT2D eigenvalue weighted by atomic mass is 10.1. The largest absolute Gasteiger partial charge is 0.508 e. The number of phenols is 1. The zero-order chi connectivity index (χ0) is 18.7. The number of carbonyl (C=O) groups excluding carboxylic acids is 1. The van der Waals surface area contributed by atoms with Crippen LogP contribution in [0.2, 0.25) is 0 Å². The van der Waals surface area contributed by atoms with E-state index in [1.165, 1.54) is 23.9 Å². The smallest absolute Gasteiger partial charge is 0.335 e. The van der Waals surface area contributed by atoms with E-state index in [9.17, 15) is 14.7 Å². The Kier molecular flexibility index (Phi) is 5.39. The van der Waals surface area contributed by atoms with Gasteiger partial charge in [-0.3, -0.25) is 9.69 Å². The molecule has 132 valence electrons. The number of aromatic hydroxyl groups is 1. The Morgan fingerprint density at radius 3 is 2.38 bits per heavy atom. The number of aromatic carboxylic acids is 1. The molecular weight excluding hydrogens is 370 g/mol. The van der Waals surface area contributed by atoms with Crippen molar-refractivity contribution in [2.24, 2.45) is 0 Å². The Morgan fingerprint density at radius 1 is 1.12 bits per heavy atom. The topological polar surface area (TPSA) is 77.8 Å². The van der Waals surface area contributed by atoms with Crippen LogP contribution in [-0.4, -0.2) is 37.9 Å². The molecule has 7 heteroatoms. The first kappa shape index (κ1) is 18.2. The van der Waals surface area contributed by atoms with E-state index >= 15 is 0 Å². The molecule has 3 rings (SSSR count). The van der Waals surface area contributed by atoms with Crippen molar-refractivity contribution in [1.29, 1.82) is 0 Å². The fourth-order valence-corrected chi connectivity index (χ4v) is 3.78. The van der Waals surface area contributed by atoms with Crippen molar-refractivity contribution < 1.29 is 19.8 Å². The highest BCUT2D eigenvalue weighted by atomic mass is 32.2. The number of hydrogen-bond acceptors (Lipinski definition) is 5. The van der Waals surface area contributed by atoms with Gasteiger partial charge in [0, 0.05) is 6.54 Å². The van der Waals surface area contributed by atoms with E-state index in [2.05, 4.69) is 0 Å². The van der Waals surface area contributed by atoms with Crippen molar-refractivity contribution in [3.8, 4) is 5.75 Å². The third-order valence-corrected chi connectivity index (χ3v) is 5.27. The molecule has 1 aliphatic rings. The first-order valence-electron chi connectivity index (χ1n) is 7.80. The average Bonchev–Trinajstić information content (AvgIpc) is 2.88. The molecule has 0 atom stereocenters. The molecule has 0 spiro atoms. The van der Waals surface area contributed by atoms with Gasteiger partial charge in [0.15, 0.2) is 0 Å². The van der Waals surface area contributed by atoms with Crippen molar-refractivity contribution in [1.82, 2.24) is 4.90 Å². The molecule has 0 saturated carbocycles. The van der Waals surface area contributed by atoms with Crippen LogP contribution in [0.15, 0.2) is 53.4 Å². The van der Waals surface area contributed by atoms with Gasteiger partial charge in [0.2, 0.25) is 0 Å². The van der Waals surface area contributed by atoms with Gasteiger partial charge in [-0.2, -0.15) is 0 Å². The van der Waals surface area contributed by atoms with Crippen LogP contribution < -0.4 is 0 Å². The van der Waals surface area contributed by atoms with Crippen LogP contribution in [0.4, 0.5) is 0 Å². The van der Waals surface area contributed by atoms with Crippen molar-refractivity contribution in [2.45, 2.75) is 6.42 Å². The molecule has 0 aliphatic carbocycles. The molecule has 1 heterocycles. The number of nitrogens with zero attached hydrogens (tertiary/aromatic N) is 1. The Labute approximate surface area is 160 Å². The van der Waals surface area contributed by atoms with E-state index in [1.54, 1.807) is 35.2 Å². The van der Waals surface area contributed by atoms with E-state index in [0.717, 1.165) is 11.1 Å². The lowest BCUT2D eigenvalue weighted by Gasteiger charge is -2.14. The van der Waals surface area contributed by atoms with E-state index in [-0.39, 0.29) is 17.2 Å². The van der Waals surface area contributed by atoms with Gasteiger partial charge in [0.25, 0.3) is 5.91 Å². The lowest BCUT2D eigenvalue weighted by molar-refractivity contribution is -0.122. The molecule has 0 unspecified atom stereocenters. The number of thioether (sulfide) groups is 1. The summed E-state index contributed by atoms with van der Waals surface area (Å²) in [5, 5.41) is 18.2. The molecule has 0 radical (unpaired) electrons. The molecule has 2 aromatic rings. The van der Waals surface area contributed by atoms with Gasteiger partial charge in [0.1, 0.15) is 10.1 Å². The summed E-state index contributed by atoms with van der Waals surface area (Å²) in [6.45, 7) is 0.463. The molecule has 1 amide bonds. The summed E-state index contributed by atoms with van der Waals surface area (Å²) in [5.41, 5.74) is 1.95. The lowest BCUT2D eigenvalue weighted by Crippen LogP contribution is -2.30. The molecular formula is C19H15NO4S2. The molecule has 5 nitrogen and oxygen atoms in total. The molecule has 1 saturated heterocycles. The quantitative estimate of drug-likeness (QED) is 0.606. The molecule has 26 heavy (non-hydrogen) atoms. The van der Waals surface area contributed by atoms with Crippen LogP contribution in [0.1, 0.15) is 21.5 Å². The summed E-state index contributed by atoms with van der Waals surface area (Å²) < 4.78 is 0.502. The maximum atomic E-state index is 12.6. The summed E-state index contributed by atoms with van der Waals surface area (Å²) in [5.74, 6) is -0.936. The van der Waals surface area contributed by atoms with Crippen LogP contribution in [0.5, 0.6) is 5.75 Å². The maximum absolute atomic E-state index is 12.6. The molecule has 1 aliphatic heterocycles. The Bertz CT molecular complexity index is 889. The van der Waals surface area contributed by atoms with Crippen LogP contribution >= 0.6 is 24.0 Å². The fourth-order valence-electron chi connectivity index (χ4n) is 2.47. The number of carboxylic acid groups (broad SMARTS) is 1. The average molecular weight is 385 g/mol. The second-order valence-corrected chi connectivity index (χ2v) is 7.35. The third-order valence-electron chi connectivity index (χ3n) is 3.89. The van der Waals surface area contributed by atoms with Crippen LogP contribution in [0.3, 0.4) is 0 Å². The number of benzene rings is 2. The summed E-state index contributed by atoms with van der Waals surface area (Å²) in [7, 11) is 0. The van der Waals surface area contributed by atoms with Gasteiger partial charge < -0.3 is 10.2 Å². The zero-order valence-corrected chi connectivity index (χ0v) is 15.2. The highest BCUT2D eigenvalue weighted by molar-refractivity contribution is 8.26. The van der Waals surface area contributed by atoms with E-state index < -0.39 is 5.97 Å². The van der Waals surface area contributed by atoms with E-state index in [1.807, 2.05) is 12.1 Å². The number of hydrogen-bond donors (Lipinski definition) is 2. The number of rotatable bonds is 5. The first-order valence-corrected chi connectivity index (χ1v) is 9.03. The Morgan fingerprint density at radius 2 is 1.77 bits per heavy atom. The van der Waals surface area contributed by atoms with Crippen LogP contribution in [0.25, 0.3) is 6.08 Å². The van der Waals surface area contributed by atoms with Crippen molar-refractivity contribution >= 4 is 46.3 Å². The summed E-state index contributed by atoms with van der Waals surface area (Å²) in [4.78, 5) is 25.6. The van der Waals surface area contributed by atoms with Gasteiger partial charge in [-0.1, -0.05) is 48.2 Å². The zero-order valence-electron chi connectivity index (χ0n) is 13.6. The molecule has 1 fully saturated rings. The van der Waals surface area contributed by atoms with Crippen LogP contribution in [-0.2, 0) is 11.2 Å². The number of carboxylic acids is 1. The highest BCUT2D eigenvalue weighted by Crippen LogP contribution is 2.32. The monoisotopic (exact) mass is 385 g/mol. The predicted octanol–water partition coefficient (Wildman–Crippen LogP) is 3.53. The maximum Gasteiger partial charge on any atom is 0.335 e. The van der Waals surface area contributed by atoms with Crippen molar-refractivity contribution in [2.75, 3.05) is 6.54 Å². The molecule has 0 aromatic heterocycles. The Hall–Kier alpha value is -2.64. The second kappa shape index (κ2) is 7.72. The Balaban J connectivity index is 1.69. The number of amides is 1. The minimum atomic E-state index is -0.989. The van der Waals surface area contributed by atoms with Crippen molar-refractivity contribution in [3.05, 3.63) is 70.1 Å². The van der Waals surface area contributed by atoms with Crippen molar-refractivity contribution in [3.63, 3.8) is 0 Å². The van der Waals surface area contributed by atoms with Gasteiger partial charge in [-0.05, 0) is 47.9 Å². The minimum absolute atomic E-state index is 0.152. The number of thiocarbonyl (C=S) groups is 1. The summed E-state index contributed by atoms with van der Waals surface area (Å²) >= 11 is 6.55. The standard InChI is InChI=1S/C19H15NO4S2/c21-15-7-3-12(4-8-15)9-10-20-17(22)16(26-19(20)25)11-13-1-5-14(6-2-13)18(23)24/h1-8,11,21H,9-10H2,(H,23,24)/b16-11+. The van der Waals surface area contributed by atoms with Gasteiger partial charge in [-0.25, -0.2) is 4.79 Å². The second-order valence-electron chi connectivity index (χ2n) is 5.68. The van der Waals surface area contributed by atoms with Gasteiger partial charge in [0.05, 0.1) is 10.5 Å². The highest BCUT2D eigenvalue weighted by Gasteiger charge is 2.31. The SMILES string of the molecule is O=C(O)c1ccc(/C=C2/SC(=S)N(CCc3ccc(O)cc3)C2=O)cc1. The van der Waals surface area contributed by atoms with Crippen LogP contribution in [0, 0.1) is 0 Å². The fraction of sp³-hybridized carbons (Fsp3) is 0.105. The predicted molar refractivity (Wildman–Crippen MR) is 105 cm³/mol. The first-order chi connectivity index (χ1) is 12.4. The van der Waals surface area contributed by atoms with E-state index in [0.29, 0.717) is 22.2 Å². The van der Waals surface area contributed by atoms with E-state index in [4.69, 9.17) is 17.3 Å².